The van der Waals surface area contributed by atoms with Gasteiger partial charge < -0.3 is 21.4 Å². The van der Waals surface area contributed by atoms with Crippen LogP contribution in [-0.4, -0.2) is 25.4 Å². The number of amides is 1. The summed E-state index contributed by atoms with van der Waals surface area (Å²) in [7, 11) is 0. The number of carbonyl (C=O) groups excluding carboxylic acids is 1. The van der Waals surface area contributed by atoms with Crippen molar-refractivity contribution in [1.82, 2.24) is 24.8 Å². The molecular weight excluding hydrogens is 410 g/mol. The Morgan fingerprint density at radius 1 is 1.28 bits per heavy atom. The number of imidazole rings is 1. The van der Waals surface area contributed by atoms with Crippen LogP contribution < -0.4 is 16.8 Å². The molecule has 5 N–H and O–H groups in total. The smallest absolute Gasteiger partial charge is 0.274 e. The van der Waals surface area contributed by atoms with Crippen molar-refractivity contribution in [2.45, 2.75) is 20.0 Å². The van der Waals surface area contributed by atoms with Crippen LogP contribution in [0.2, 0.25) is 5.15 Å². The summed E-state index contributed by atoms with van der Waals surface area (Å²) in [4.78, 5) is 24.6. The molecule has 3 aromatic rings. The van der Waals surface area contributed by atoms with Crippen molar-refractivity contribution in [2.24, 2.45) is 0 Å². The number of nitrogens with two attached hydrogens (primary N) is 2. The summed E-state index contributed by atoms with van der Waals surface area (Å²) in [6.07, 6.45) is 0. The largest absolute Gasteiger partial charge is 0.382 e. The monoisotopic (exact) mass is 423 g/mol. The average Bonchev–Trinajstić information content (AvgIpc) is 2.92. The third-order valence-electron chi connectivity index (χ3n) is 3.63. The Hall–Kier alpha value is -2.39. The standard InChI is InChI=1S/C15H15BrClN7O/c1-2-24-9-5-7(16)3-4-8(9)21-10(24)6-20-15(25)11-13(18)23-14(19)12(17)22-11/h3-5H,2,6H2,1H3,(H,20,25)(H4,18,19,23). The van der Waals surface area contributed by atoms with Gasteiger partial charge in [-0.05, 0) is 25.1 Å². The first-order valence-corrected chi connectivity index (χ1v) is 8.59. The van der Waals surface area contributed by atoms with Crippen LogP contribution in [0.3, 0.4) is 0 Å². The number of rotatable bonds is 4. The predicted octanol–water partition coefficient (Wildman–Crippen LogP) is 2.36. The highest BCUT2D eigenvalue weighted by Crippen LogP contribution is 2.21. The van der Waals surface area contributed by atoms with Crippen molar-refractivity contribution in [3.05, 3.63) is 39.3 Å². The minimum absolute atomic E-state index is 0.0194. The Bertz CT molecular complexity index is 972. The van der Waals surface area contributed by atoms with Crippen molar-refractivity contribution in [1.29, 1.82) is 0 Å². The number of carbonyl (C=O) groups is 1. The molecule has 2 aromatic heterocycles. The number of hydrogen-bond acceptors (Lipinski definition) is 6. The van der Waals surface area contributed by atoms with E-state index >= 15 is 0 Å². The van der Waals surface area contributed by atoms with Crippen LogP contribution in [0.15, 0.2) is 22.7 Å². The fraction of sp³-hybridized carbons (Fsp3) is 0.200. The van der Waals surface area contributed by atoms with E-state index in [0.29, 0.717) is 6.54 Å². The highest BCUT2D eigenvalue weighted by molar-refractivity contribution is 9.10. The molecule has 8 nitrogen and oxygen atoms in total. The van der Waals surface area contributed by atoms with E-state index in [9.17, 15) is 4.79 Å². The molecular formula is C15H15BrClN7O. The van der Waals surface area contributed by atoms with E-state index in [2.05, 4.69) is 36.2 Å². The third kappa shape index (κ3) is 3.38. The molecule has 0 spiro atoms. The molecule has 3 rings (SSSR count). The molecule has 130 valence electrons. The van der Waals surface area contributed by atoms with Gasteiger partial charge in [0.2, 0.25) is 0 Å². The van der Waals surface area contributed by atoms with E-state index in [-0.39, 0.29) is 29.0 Å². The number of aryl methyl sites for hydroxylation is 1. The second kappa shape index (κ2) is 6.85. The SMILES string of the molecule is CCn1c(CNC(=O)c2nc(Cl)c(N)nc2N)nc2ccc(Br)cc21. The number of halogens is 2. The van der Waals surface area contributed by atoms with Crippen molar-refractivity contribution >= 4 is 56.1 Å². The highest BCUT2D eigenvalue weighted by Gasteiger charge is 2.17. The summed E-state index contributed by atoms with van der Waals surface area (Å²) in [5.74, 6) is 0.126. The Labute approximate surface area is 156 Å². The van der Waals surface area contributed by atoms with E-state index in [0.717, 1.165) is 21.3 Å². The van der Waals surface area contributed by atoms with Crippen LogP contribution in [0.4, 0.5) is 11.6 Å². The van der Waals surface area contributed by atoms with Crippen LogP contribution in [0.1, 0.15) is 23.2 Å². The predicted molar refractivity (Wildman–Crippen MR) is 100 cm³/mol. The van der Waals surface area contributed by atoms with Gasteiger partial charge in [-0.1, -0.05) is 27.5 Å². The van der Waals surface area contributed by atoms with Gasteiger partial charge in [0.1, 0.15) is 5.82 Å². The lowest BCUT2D eigenvalue weighted by Gasteiger charge is -2.09. The summed E-state index contributed by atoms with van der Waals surface area (Å²) >= 11 is 9.26. The zero-order valence-electron chi connectivity index (χ0n) is 13.3. The molecule has 2 heterocycles. The fourth-order valence-electron chi connectivity index (χ4n) is 2.49. The van der Waals surface area contributed by atoms with Crippen molar-refractivity contribution in [3.63, 3.8) is 0 Å². The normalized spacial score (nSPS) is 11.0. The minimum Gasteiger partial charge on any atom is -0.382 e. The van der Waals surface area contributed by atoms with E-state index in [1.54, 1.807) is 0 Å². The summed E-state index contributed by atoms with van der Waals surface area (Å²) in [5, 5.41) is 2.67. The molecule has 0 saturated heterocycles. The number of nitrogens with one attached hydrogen (secondary N) is 1. The van der Waals surface area contributed by atoms with Gasteiger partial charge in [-0.25, -0.2) is 15.0 Å². The van der Waals surface area contributed by atoms with Gasteiger partial charge in [-0.3, -0.25) is 4.79 Å². The van der Waals surface area contributed by atoms with Crippen molar-refractivity contribution in [2.75, 3.05) is 11.5 Å². The van der Waals surface area contributed by atoms with E-state index < -0.39 is 5.91 Å². The fourth-order valence-corrected chi connectivity index (χ4v) is 2.96. The molecule has 0 aliphatic carbocycles. The maximum Gasteiger partial charge on any atom is 0.274 e. The van der Waals surface area contributed by atoms with Gasteiger partial charge in [0.25, 0.3) is 5.91 Å². The van der Waals surface area contributed by atoms with E-state index in [4.69, 9.17) is 23.1 Å². The summed E-state index contributed by atoms with van der Waals surface area (Å²) in [6, 6.07) is 5.82. The lowest BCUT2D eigenvalue weighted by atomic mass is 10.3. The molecule has 25 heavy (non-hydrogen) atoms. The Morgan fingerprint density at radius 3 is 2.76 bits per heavy atom. The zero-order chi connectivity index (χ0) is 18.1. The molecule has 1 aromatic carbocycles. The zero-order valence-corrected chi connectivity index (χ0v) is 15.6. The quantitative estimate of drug-likeness (QED) is 0.590. The first-order chi connectivity index (χ1) is 11.9. The first kappa shape index (κ1) is 17.4. The molecule has 0 unspecified atom stereocenters. The number of anilines is 2. The van der Waals surface area contributed by atoms with Crippen LogP contribution in [0.25, 0.3) is 11.0 Å². The maximum atomic E-state index is 12.3. The van der Waals surface area contributed by atoms with Crippen LogP contribution in [0.5, 0.6) is 0 Å². The lowest BCUT2D eigenvalue weighted by molar-refractivity contribution is 0.0945. The van der Waals surface area contributed by atoms with Gasteiger partial charge >= 0.3 is 0 Å². The van der Waals surface area contributed by atoms with Crippen LogP contribution >= 0.6 is 27.5 Å². The highest BCUT2D eigenvalue weighted by atomic mass is 79.9. The van der Waals surface area contributed by atoms with E-state index in [1.165, 1.54) is 0 Å². The van der Waals surface area contributed by atoms with Crippen LogP contribution in [0, 0.1) is 0 Å². The molecule has 0 aliphatic rings. The summed E-state index contributed by atoms with van der Waals surface area (Å²) in [6.45, 7) is 2.94. The number of aromatic nitrogens is 4. The Morgan fingerprint density at radius 2 is 2.04 bits per heavy atom. The topological polar surface area (TPSA) is 125 Å². The second-order valence-electron chi connectivity index (χ2n) is 5.22. The lowest BCUT2D eigenvalue weighted by Crippen LogP contribution is -2.27. The molecule has 0 bridgehead atoms. The summed E-state index contributed by atoms with van der Waals surface area (Å²) < 4.78 is 2.98. The van der Waals surface area contributed by atoms with Crippen molar-refractivity contribution < 1.29 is 4.79 Å². The molecule has 0 aliphatic heterocycles. The summed E-state index contributed by atoms with van der Waals surface area (Å²) in [5.41, 5.74) is 13.0. The number of nitrogens with zero attached hydrogens (tertiary/aromatic N) is 4. The second-order valence-corrected chi connectivity index (χ2v) is 6.50. The average molecular weight is 425 g/mol. The van der Waals surface area contributed by atoms with Crippen molar-refractivity contribution in [3.8, 4) is 0 Å². The van der Waals surface area contributed by atoms with Gasteiger partial charge in [0, 0.05) is 11.0 Å². The van der Waals surface area contributed by atoms with Gasteiger partial charge in [-0.15, -0.1) is 0 Å². The number of fused-ring (bicyclic) bond motifs is 1. The first-order valence-electron chi connectivity index (χ1n) is 7.42. The molecule has 0 radical (unpaired) electrons. The third-order valence-corrected chi connectivity index (χ3v) is 4.40. The van der Waals surface area contributed by atoms with Gasteiger partial charge in [0.15, 0.2) is 22.5 Å². The number of nitrogen functional groups attached to an aromatic ring is 2. The van der Waals surface area contributed by atoms with Gasteiger partial charge in [-0.2, -0.15) is 0 Å². The number of benzene rings is 1. The Balaban J connectivity index is 1.85. The minimum atomic E-state index is -0.497. The molecule has 0 fully saturated rings. The maximum absolute atomic E-state index is 12.3. The molecule has 0 saturated carbocycles. The Kier molecular flexibility index (Phi) is 4.78. The molecule has 0 atom stereocenters. The molecule has 10 heteroatoms. The van der Waals surface area contributed by atoms with Crippen LogP contribution in [-0.2, 0) is 13.1 Å². The van der Waals surface area contributed by atoms with Gasteiger partial charge in [0.05, 0.1) is 17.6 Å². The molecule has 1 amide bonds. The number of hydrogen-bond donors (Lipinski definition) is 3. The van der Waals surface area contributed by atoms with E-state index in [1.807, 2.05) is 29.7 Å².